The van der Waals surface area contributed by atoms with E-state index in [0.717, 1.165) is 13.1 Å². The Morgan fingerprint density at radius 1 is 1.17 bits per heavy atom. The lowest BCUT2D eigenvalue weighted by Crippen LogP contribution is -2.41. The molecular formula is C18H24N4O. The molecular weight excluding hydrogens is 288 g/mol. The van der Waals surface area contributed by atoms with E-state index in [0.29, 0.717) is 13.1 Å². The van der Waals surface area contributed by atoms with Gasteiger partial charge in [0.15, 0.2) is 0 Å². The summed E-state index contributed by atoms with van der Waals surface area (Å²) in [5.41, 5.74) is 1.28. The van der Waals surface area contributed by atoms with Crippen LogP contribution >= 0.6 is 0 Å². The third kappa shape index (κ3) is 4.42. The van der Waals surface area contributed by atoms with Gasteiger partial charge in [-0.1, -0.05) is 36.8 Å². The summed E-state index contributed by atoms with van der Waals surface area (Å²) >= 11 is 0. The number of hydrogen-bond acceptors (Lipinski definition) is 3. The standard InChI is InChI=1S/C18H24N4O/c23-18(14-21-12-9-19-15-21)20-13-17(16-7-3-1-4-8-16)22-10-5-2-6-11-22/h1,3-4,7-9,12,15,17H,2,5-6,10-11,13-14H2,(H,20,23). The molecule has 2 heterocycles. The fourth-order valence-corrected chi connectivity index (χ4v) is 3.18. The largest absolute Gasteiger partial charge is 0.353 e. The van der Waals surface area contributed by atoms with Gasteiger partial charge in [0.05, 0.1) is 12.4 Å². The quantitative estimate of drug-likeness (QED) is 0.890. The highest BCUT2D eigenvalue weighted by Crippen LogP contribution is 2.23. The Kier molecular flexibility index (Phi) is 5.42. The molecule has 1 N–H and O–H groups in total. The van der Waals surface area contributed by atoms with Crippen molar-refractivity contribution in [2.45, 2.75) is 31.8 Å². The van der Waals surface area contributed by atoms with Crippen LogP contribution in [0.5, 0.6) is 0 Å². The third-order valence-corrected chi connectivity index (χ3v) is 4.39. The van der Waals surface area contributed by atoms with E-state index >= 15 is 0 Å². The smallest absolute Gasteiger partial charge is 0.240 e. The lowest BCUT2D eigenvalue weighted by Gasteiger charge is -2.35. The van der Waals surface area contributed by atoms with E-state index in [1.54, 1.807) is 23.3 Å². The predicted molar refractivity (Wildman–Crippen MR) is 89.8 cm³/mol. The van der Waals surface area contributed by atoms with Crippen LogP contribution in [0, 0.1) is 0 Å². The number of carbonyl (C=O) groups is 1. The third-order valence-electron chi connectivity index (χ3n) is 4.39. The molecule has 1 aromatic heterocycles. The van der Waals surface area contributed by atoms with Crippen LogP contribution in [0.15, 0.2) is 49.1 Å². The van der Waals surface area contributed by atoms with E-state index in [1.165, 1.54) is 24.8 Å². The average molecular weight is 312 g/mol. The van der Waals surface area contributed by atoms with Gasteiger partial charge in [0.1, 0.15) is 6.54 Å². The summed E-state index contributed by atoms with van der Waals surface area (Å²) in [6.45, 7) is 3.19. The molecule has 0 aliphatic carbocycles. The van der Waals surface area contributed by atoms with Crippen molar-refractivity contribution in [3.8, 4) is 0 Å². The van der Waals surface area contributed by atoms with Crippen molar-refractivity contribution in [2.75, 3.05) is 19.6 Å². The molecule has 1 saturated heterocycles. The number of imidazole rings is 1. The molecule has 0 spiro atoms. The second-order valence-corrected chi connectivity index (χ2v) is 6.06. The van der Waals surface area contributed by atoms with Crippen molar-refractivity contribution < 1.29 is 4.79 Å². The Bertz CT molecular complexity index is 591. The first kappa shape index (κ1) is 15.7. The van der Waals surface area contributed by atoms with E-state index in [4.69, 9.17) is 0 Å². The maximum absolute atomic E-state index is 12.2. The summed E-state index contributed by atoms with van der Waals surface area (Å²) in [7, 11) is 0. The lowest BCUT2D eigenvalue weighted by molar-refractivity contribution is -0.121. The second-order valence-electron chi connectivity index (χ2n) is 6.06. The first-order valence-electron chi connectivity index (χ1n) is 8.34. The maximum Gasteiger partial charge on any atom is 0.240 e. The Balaban J connectivity index is 1.62. The Morgan fingerprint density at radius 3 is 2.65 bits per heavy atom. The number of likely N-dealkylation sites (tertiary alicyclic amines) is 1. The average Bonchev–Trinajstić information content (AvgIpc) is 3.10. The minimum Gasteiger partial charge on any atom is -0.353 e. The summed E-state index contributed by atoms with van der Waals surface area (Å²) in [4.78, 5) is 18.6. The fraction of sp³-hybridized carbons (Fsp3) is 0.444. The molecule has 1 unspecified atom stereocenters. The van der Waals surface area contributed by atoms with Gasteiger partial charge in [0, 0.05) is 18.9 Å². The number of aromatic nitrogens is 2. The first-order chi connectivity index (χ1) is 11.3. The minimum atomic E-state index is 0.0286. The van der Waals surface area contributed by atoms with E-state index < -0.39 is 0 Å². The lowest BCUT2D eigenvalue weighted by atomic mass is 10.0. The number of hydrogen-bond donors (Lipinski definition) is 1. The zero-order valence-electron chi connectivity index (χ0n) is 13.4. The van der Waals surface area contributed by atoms with Crippen molar-refractivity contribution in [3.63, 3.8) is 0 Å². The number of benzene rings is 1. The number of nitrogens with zero attached hydrogens (tertiary/aromatic N) is 3. The maximum atomic E-state index is 12.2. The van der Waals surface area contributed by atoms with Crippen LogP contribution in [0.25, 0.3) is 0 Å². The van der Waals surface area contributed by atoms with Gasteiger partial charge in [-0.05, 0) is 31.5 Å². The highest BCUT2D eigenvalue weighted by Gasteiger charge is 2.22. The Morgan fingerprint density at radius 2 is 1.96 bits per heavy atom. The highest BCUT2D eigenvalue weighted by molar-refractivity contribution is 5.75. The molecule has 0 bridgehead atoms. The number of amides is 1. The van der Waals surface area contributed by atoms with Gasteiger partial charge in [-0.25, -0.2) is 4.98 Å². The van der Waals surface area contributed by atoms with Crippen LogP contribution in [-0.2, 0) is 11.3 Å². The zero-order chi connectivity index (χ0) is 15.9. The predicted octanol–water partition coefficient (Wildman–Crippen LogP) is 2.23. The normalized spacial score (nSPS) is 16.9. The van der Waals surface area contributed by atoms with Crippen molar-refractivity contribution in [3.05, 3.63) is 54.6 Å². The Hall–Kier alpha value is -2.14. The van der Waals surface area contributed by atoms with Gasteiger partial charge < -0.3 is 9.88 Å². The van der Waals surface area contributed by atoms with Gasteiger partial charge in [-0.15, -0.1) is 0 Å². The number of nitrogens with one attached hydrogen (secondary N) is 1. The molecule has 3 rings (SSSR count). The first-order valence-corrected chi connectivity index (χ1v) is 8.34. The van der Waals surface area contributed by atoms with Crippen LogP contribution in [-0.4, -0.2) is 40.0 Å². The SMILES string of the molecule is O=C(Cn1ccnc1)NCC(c1ccccc1)N1CCCCC1. The van der Waals surface area contributed by atoms with Crippen LogP contribution in [0.3, 0.4) is 0 Å². The molecule has 1 amide bonds. The van der Waals surface area contributed by atoms with Crippen LogP contribution in [0.2, 0.25) is 0 Å². The number of rotatable bonds is 6. The topological polar surface area (TPSA) is 50.2 Å². The van der Waals surface area contributed by atoms with Crippen molar-refractivity contribution in [1.82, 2.24) is 19.8 Å². The highest BCUT2D eigenvalue weighted by atomic mass is 16.1. The van der Waals surface area contributed by atoms with Gasteiger partial charge in [-0.2, -0.15) is 0 Å². The van der Waals surface area contributed by atoms with Crippen LogP contribution in [0.1, 0.15) is 30.9 Å². The fourth-order valence-electron chi connectivity index (χ4n) is 3.18. The molecule has 0 saturated carbocycles. The number of carbonyl (C=O) groups excluding carboxylic acids is 1. The van der Waals surface area contributed by atoms with Gasteiger partial charge in [0.25, 0.3) is 0 Å². The van der Waals surface area contributed by atoms with Crippen LogP contribution in [0.4, 0.5) is 0 Å². The van der Waals surface area contributed by atoms with Crippen molar-refractivity contribution >= 4 is 5.91 Å². The summed E-state index contributed by atoms with van der Waals surface area (Å²) in [5, 5.41) is 3.09. The van der Waals surface area contributed by atoms with E-state index in [1.807, 2.05) is 6.07 Å². The molecule has 5 nitrogen and oxygen atoms in total. The molecule has 1 fully saturated rings. The van der Waals surface area contributed by atoms with Crippen LogP contribution < -0.4 is 5.32 Å². The van der Waals surface area contributed by atoms with Crippen molar-refractivity contribution in [2.24, 2.45) is 0 Å². The van der Waals surface area contributed by atoms with Gasteiger partial charge in [-0.3, -0.25) is 9.69 Å². The summed E-state index contributed by atoms with van der Waals surface area (Å²) in [5.74, 6) is 0.0286. The molecule has 2 aromatic rings. The Labute approximate surface area is 137 Å². The number of piperidine rings is 1. The van der Waals surface area contributed by atoms with E-state index in [2.05, 4.69) is 39.5 Å². The van der Waals surface area contributed by atoms with Crippen molar-refractivity contribution in [1.29, 1.82) is 0 Å². The second kappa shape index (κ2) is 7.92. The molecule has 23 heavy (non-hydrogen) atoms. The summed E-state index contributed by atoms with van der Waals surface area (Å²) < 4.78 is 1.79. The molecule has 1 aromatic carbocycles. The molecule has 5 heteroatoms. The van der Waals surface area contributed by atoms with Gasteiger partial charge in [0.2, 0.25) is 5.91 Å². The van der Waals surface area contributed by atoms with E-state index in [9.17, 15) is 4.79 Å². The molecule has 122 valence electrons. The zero-order valence-corrected chi connectivity index (χ0v) is 13.4. The minimum absolute atomic E-state index is 0.0286. The molecule has 1 atom stereocenters. The monoisotopic (exact) mass is 312 g/mol. The summed E-state index contributed by atoms with van der Waals surface area (Å²) in [6.07, 6.45) is 8.95. The van der Waals surface area contributed by atoms with E-state index in [-0.39, 0.29) is 11.9 Å². The molecule has 1 aliphatic rings. The molecule has 1 aliphatic heterocycles. The molecule has 0 radical (unpaired) electrons. The van der Waals surface area contributed by atoms with Gasteiger partial charge >= 0.3 is 0 Å². The summed E-state index contributed by atoms with van der Waals surface area (Å²) in [6, 6.07) is 10.7.